The third-order valence-corrected chi connectivity index (χ3v) is 4.06. The Morgan fingerprint density at radius 1 is 1.38 bits per heavy atom. The molecule has 0 spiro atoms. The molecule has 0 aliphatic carbocycles. The van der Waals surface area contributed by atoms with Gasteiger partial charge in [-0.25, -0.2) is 0 Å². The third kappa shape index (κ3) is 4.72. The van der Waals surface area contributed by atoms with E-state index in [9.17, 15) is 0 Å². The molecule has 1 atom stereocenters. The highest BCUT2D eigenvalue weighted by Gasteiger charge is 2.21. The van der Waals surface area contributed by atoms with Gasteiger partial charge in [0.1, 0.15) is 0 Å². The number of hydrogen-bond donors (Lipinski definition) is 1. The van der Waals surface area contributed by atoms with E-state index in [0.717, 1.165) is 26.2 Å². The summed E-state index contributed by atoms with van der Waals surface area (Å²) in [5.41, 5.74) is 4.11. The molecule has 0 aromatic heterocycles. The Labute approximate surface area is 129 Å². The van der Waals surface area contributed by atoms with Crippen LogP contribution in [0.15, 0.2) is 18.2 Å². The number of aryl methyl sites for hydroxylation is 1. The molecule has 1 N–H and O–H groups in total. The normalized spacial score (nSPS) is 19.3. The molecule has 0 saturated carbocycles. The summed E-state index contributed by atoms with van der Waals surface area (Å²) in [6.07, 6.45) is 2.79. The number of nitrogens with one attached hydrogen (secondary N) is 1. The lowest BCUT2D eigenvalue weighted by molar-refractivity contribution is 0.0526. The fourth-order valence-electron chi connectivity index (χ4n) is 3.01. The summed E-state index contributed by atoms with van der Waals surface area (Å²) in [6.45, 7) is 12.6. The lowest BCUT2D eigenvalue weighted by atomic mass is 10.0. The van der Waals surface area contributed by atoms with Gasteiger partial charge in [-0.05, 0) is 38.3 Å². The van der Waals surface area contributed by atoms with Crippen LogP contribution in [0.2, 0.25) is 0 Å². The maximum Gasteiger partial charge on any atom is 0.0750 e. The molecule has 1 aromatic rings. The number of ether oxygens (including phenoxy) is 1. The standard InChI is InChI=1S/C18H30N2O/c1-5-21-17-7-6-10-20(13-17)18-9-8-15(4)11-16(18)12-19-14(2)3/h8-9,11,14,17,19H,5-7,10,12-13H2,1-4H3. The SMILES string of the molecule is CCOC1CCCN(c2ccc(C)cc2CNC(C)C)C1. The zero-order chi connectivity index (χ0) is 15.2. The Hall–Kier alpha value is -1.06. The summed E-state index contributed by atoms with van der Waals surface area (Å²) < 4.78 is 5.84. The minimum absolute atomic E-state index is 0.385. The van der Waals surface area contributed by atoms with Crippen molar-refractivity contribution in [3.05, 3.63) is 29.3 Å². The maximum absolute atomic E-state index is 5.84. The number of benzene rings is 1. The molecular formula is C18H30N2O. The molecule has 1 aliphatic heterocycles. The first-order valence-corrected chi connectivity index (χ1v) is 8.29. The number of piperidine rings is 1. The van der Waals surface area contributed by atoms with E-state index in [1.54, 1.807) is 0 Å². The Balaban J connectivity index is 2.13. The molecule has 3 nitrogen and oxygen atoms in total. The van der Waals surface area contributed by atoms with Crippen LogP contribution in [0.4, 0.5) is 5.69 Å². The van der Waals surface area contributed by atoms with Crippen molar-refractivity contribution in [3.63, 3.8) is 0 Å². The van der Waals surface area contributed by atoms with Gasteiger partial charge >= 0.3 is 0 Å². The maximum atomic E-state index is 5.84. The fourth-order valence-corrected chi connectivity index (χ4v) is 3.01. The average Bonchev–Trinajstić information content (AvgIpc) is 2.46. The predicted molar refractivity (Wildman–Crippen MR) is 90.0 cm³/mol. The van der Waals surface area contributed by atoms with Crippen LogP contribution in [0.25, 0.3) is 0 Å². The summed E-state index contributed by atoms with van der Waals surface area (Å²) in [6, 6.07) is 7.32. The van der Waals surface area contributed by atoms with Gasteiger partial charge in [0.05, 0.1) is 6.10 Å². The fraction of sp³-hybridized carbons (Fsp3) is 0.667. The molecule has 1 aromatic carbocycles. The van der Waals surface area contributed by atoms with Crippen LogP contribution in [0.5, 0.6) is 0 Å². The summed E-state index contributed by atoms with van der Waals surface area (Å²) >= 11 is 0. The predicted octanol–water partition coefficient (Wildman–Crippen LogP) is 3.50. The third-order valence-electron chi connectivity index (χ3n) is 4.06. The number of nitrogens with zero attached hydrogens (tertiary/aromatic N) is 1. The van der Waals surface area contributed by atoms with Crippen molar-refractivity contribution in [2.45, 2.75) is 59.2 Å². The quantitative estimate of drug-likeness (QED) is 0.868. The van der Waals surface area contributed by atoms with Crippen LogP contribution in [0.1, 0.15) is 44.7 Å². The largest absolute Gasteiger partial charge is 0.377 e. The first kappa shape index (κ1) is 16.3. The number of hydrogen-bond acceptors (Lipinski definition) is 3. The lowest BCUT2D eigenvalue weighted by Gasteiger charge is -2.35. The molecule has 0 radical (unpaired) electrons. The second-order valence-electron chi connectivity index (χ2n) is 6.33. The minimum atomic E-state index is 0.385. The van der Waals surface area contributed by atoms with Gasteiger partial charge in [0.2, 0.25) is 0 Å². The van der Waals surface area contributed by atoms with E-state index in [2.05, 4.69) is 56.1 Å². The van der Waals surface area contributed by atoms with Gasteiger partial charge < -0.3 is 15.0 Å². The summed E-state index contributed by atoms with van der Waals surface area (Å²) in [4.78, 5) is 2.50. The van der Waals surface area contributed by atoms with Crippen molar-refractivity contribution in [2.75, 3.05) is 24.6 Å². The van der Waals surface area contributed by atoms with E-state index in [1.807, 2.05) is 0 Å². The van der Waals surface area contributed by atoms with Crippen LogP contribution in [-0.2, 0) is 11.3 Å². The second-order valence-corrected chi connectivity index (χ2v) is 6.33. The molecule has 1 aliphatic rings. The van der Waals surface area contributed by atoms with Gasteiger partial charge in [0, 0.05) is 38.0 Å². The van der Waals surface area contributed by atoms with Gasteiger partial charge in [-0.1, -0.05) is 31.5 Å². The van der Waals surface area contributed by atoms with Gasteiger partial charge in [0.25, 0.3) is 0 Å². The Kier molecular flexibility index (Phi) is 6.07. The van der Waals surface area contributed by atoms with Crippen molar-refractivity contribution >= 4 is 5.69 Å². The van der Waals surface area contributed by atoms with Crippen molar-refractivity contribution < 1.29 is 4.74 Å². The highest BCUT2D eigenvalue weighted by Crippen LogP contribution is 2.26. The van der Waals surface area contributed by atoms with E-state index in [4.69, 9.17) is 4.74 Å². The topological polar surface area (TPSA) is 24.5 Å². The van der Waals surface area contributed by atoms with Gasteiger partial charge in [0.15, 0.2) is 0 Å². The van der Waals surface area contributed by atoms with Crippen LogP contribution in [0.3, 0.4) is 0 Å². The minimum Gasteiger partial charge on any atom is -0.377 e. The number of rotatable bonds is 6. The molecular weight excluding hydrogens is 260 g/mol. The van der Waals surface area contributed by atoms with E-state index < -0.39 is 0 Å². The molecule has 3 heteroatoms. The van der Waals surface area contributed by atoms with E-state index in [-0.39, 0.29) is 0 Å². The van der Waals surface area contributed by atoms with Crippen molar-refractivity contribution in [3.8, 4) is 0 Å². The van der Waals surface area contributed by atoms with Crippen LogP contribution >= 0.6 is 0 Å². The highest BCUT2D eigenvalue weighted by molar-refractivity contribution is 5.55. The molecule has 21 heavy (non-hydrogen) atoms. The van der Waals surface area contributed by atoms with Crippen molar-refractivity contribution in [1.82, 2.24) is 5.32 Å². The Morgan fingerprint density at radius 2 is 2.19 bits per heavy atom. The molecule has 118 valence electrons. The van der Waals surface area contributed by atoms with E-state index >= 15 is 0 Å². The Morgan fingerprint density at radius 3 is 2.90 bits per heavy atom. The van der Waals surface area contributed by atoms with Crippen LogP contribution < -0.4 is 10.2 Å². The van der Waals surface area contributed by atoms with E-state index in [1.165, 1.54) is 29.7 Å². The average molecular weight is 290 g/mol. The zero-order valence-electron chi connectivity index (χ0n) is 14.0. The van der Waals surface area contributed by atoms with Gasteiger partial charge in [-0.2, -0.15) is 0 Å². The monoisotopic (exact) mass is 290 g/mol. The lowest BCUT2D eigenvalue weighted by Crippen LogP contribution is -2.40. The van der Waals surface area contributed by atoms with E-state index in [0.29, 0.717) is 12.1 Å². The number of anilines is 1. The molecule has 2 rings (SSSR count). The molecule has 1 saturated heterocycles. The molecule has 1 heterocycles. The van der Waals surface area contributed by atoms with Gasteiger partial charge in [-0.3, -0.25) is 0 Å². The van der Waals surface area contributed by atoms with Crippen molar-refractivity contribution in [1.29, 1.82) is 0 Å². The summed E-state index contributed by atoms with van der Waals surface area (Å²) in [5, 5.41) is 3.55. The molecule has 1 unspecified atom stereocenters. The smallest absolute Gasteiger partial charge is 0.0750 e. The second kappa shape index (κ2) is 7.81. The first-order chi connectivity index (χ1) is 10.1. The summed E-state index contributed by atoms with van der Waals surface area (Å²) in [5.74, 6) is 0. The summed E-state index contributed by atoms with van der Waals surface area (Å²) in [7, 11) is 0. The molecule has 1 fully saturated rings. The molecule has 0 amide bonds. The molecule has 0 bridgehead atoms. The van der Waals surface area contributed by atoms with Crippen molar-refractivity contribution in [2.24, 2.45) is 0 Å². The first-order valence-electron chi connectivity index (χ1n) is 8.29. The highest BCUT2D eigenvalue weighted by atomic mass is 16.5. The van der Waals surface area contributed by atoms with Crippen LogP contribution in [0, 0.1) is 6.92 Å². The Bertz CT molecular complexity index is 443. The zero-order valence-corrected chi connectivity index (χ0v) is 14.0. The van der Waals surface area contributed by atoms with Crippen LogP contribution in [-0.4, -0.2) is 31.8 Å². The van der Waals surface area contributed by atoms with Gasteiger partial charge in [-0.15, -0.1) is 0 Å².